The summed E-state index contributed by atoms with van der Waals surface area (Å²) in [6.45, 7) is 6.45. The molecule has 1 atom stereocenters. The number of nitrogens with one attached hydrogen (secondary N) is 2. The number of unbranched alkanes of at least 4 members (excludes halogenated alkanes) is 1. The van der Waals surface area contributed by atoms with E-state index in [1.807, 2.05) is 20.8 Å². The number of fused-ring (bicyclic) bond motifs is 1. The lowest BCUT2D eigenvalue weighted by molar-refractivity contribution is -0.125. The zero-order valence-corrected chi connectivity index (χ0v) is 17.2. The fourth-order valence-corrected chi connectivity index (χ4v) is 3.05. The summed E-state index contributed by atoms with van der Waals surface area (Å²) in [4.78, 5) is 25.5. The van der Waals surface area contributed by atoms with Crippen LogP contribution in [0, 0.1) is 11.2 Å². The van der Waals surface area contributed by atoms with Crippen LogP contribution in [-0.2, 0) is 11.3 Å². The van der Waals surface area contributed by atoms with E-state index in [0.29, 0.717) is 24.0 Å². The highest BCUT2D eigenvalue weighted by Crippen LogP contribution is 2.23. The molecule has 0 saturated heterocycles. The first-order valence-electron chi connectivity index (χ1n) is 9.74. The number of aromatic nitrogens is 2. The van der Waals surface area contributed by atoms with Crippen LogP contribution in [0.2, 0.25) is 0 Å². The van der Waals surface area contributed by atoms with E-state index in [-0.39, 0.29) is 18.8 Å². The van der Waals surface area contributed by atoms with Crippen molar-refractivity contribution in [3.8, 4) is 0 Å². The average Bonchev–Trinajstić information content (AvgIpc) is 3.01. The third kappa shape index (κ3) is 5.74. The minimum absolute atomic E-state index is 0.0662. The maximum atomic E-state index is 13.8. The van der Waals surface area contributed by atoms with Gasteiger partial charge in [0.15, 0.2) is 5.69 Å². The molecule has 0 aliphatic heterocycles. The SMILES string of the molecule is CC(C)(C)C(NC(=O)c1nn(CCCCN)c2ccc(F)cc12)C(=O)NCCO. The van der Waals surface area contributed by atoms with Gasteiger partial charge in [-0.05, 0) is 43.0 Å². The standard InChI is InChI=1S/C20H30FN5O3/c1-20(2,3)17(19(29)23-9-11-27)24-18(28)16-14-12-13(21)6-7-15(14)26(25-16)10-5-4-8-22/h6-7,12,17,27H,4-5,8-11,22H2,1-3H3,(H,23,29)(H,24,28). The number of aliphatic hydroxyl groups is 1. The number of aryl methyl sites for hydroxylation is 1. The molecule has 0 aliphatic rings. The van der Waals surface area contributed by atoms with Crippen molar-refractivity contribution in [3.63, 3.8) is 0 Å². The second kappa shape index (κ2) is 9.80. The van der Waals surface area contributed by atoms with Gasteiger partial charge in [-0.1, -0.05) is 20.8 Å². The second-order valence-corrected chi connectivity index (χ2v) is 8.02. The molecule has 5 N–H and O–H groups in total. The van der Waals surface area contributed by atoms with Gasteiger partial charge < -0.3 is 21.5 Å². The van der Waals surface area contributed by atoms with Crippen molar-refractivity contribution in [2.75, 3.05) is 19.7 Å². The molecule has 0 saturated carbocycles. The molecule has 0 fully saturated rings. The van der Waals surface area contributed by atoms with E-state index in [9.17, 15) is 14.0 Å². The first kappa shape index (κ1) is 22.8. The number of rotatable bonds is 9. The van der Waals surface area contributed by atoms with E-state index in [2.05, 4.69) is 15.7 Å². The van der Waals surface area contributed by atoms with Crippen LogP contribution < -0.4 is 16.4 Å². The Morgan fingerprint density at radius 1 is 1.31 bits per heavy atom. The van der Waals surface area contributed by atoms with Crippen LogP contribution in [0.15, 0.2) is 18.2 Å². The van der Waals surface area contributed by atoms with Gasteiger partial charge in [-0.3, -0.25) is 14.3 Å². The third-order valence-electron chi connectivity index (χ3n) is 4.57. The molecule has 2 amide bonds. The van der Waals surface area contributed by atoms with Crippen LogP contribution in [0.3, 0.4) is 0 Å². The monoisotopic (exact) mass is 407 g/mol. The molecule has 0 aliphatic carbocycles. The smallest absolute Gasteiger partial charge is 0.273 e. The Kier molecular flexibility index (Phi) is 7.69. The lowest BCUT2D eigenvalue weighted by atomic mass is 9.86. The van der Waals surface area contributed by atoms with Crippen LogP contribution in [-0.4, -0.2) is 52.4 Å². The molecule has 1 aromatic carbocycles. The topological polar surface area (TPSA) is 122 Å². The molecular formula is C20H30FN5O3. The summed E-state index contributed by atoms with van der Waals surface area (Å²) in [5.41, 5.74) is 5.67. The summed E-state index contributed by atoms with van der Waals surface area (Å²) in [5.74, 6) is -1.43. The van der Waals surface area contributed by atoms with E-state index in [4.69, 9.17) is 10.8 Å². The predicted molar refractivity (Wildman–Crippen MR) is 109 cm³/mol. The molecule has 0 radical (unpaired) electrons. The minimum Gasteiger partial charge on any atom is -0.395 e. The van der Waals surface area contributed by atoms with E-state index < -0.39 is 29.1 Å². The van der Waals surface area contributed by atoms with Crippen molar-refractivity contribution < 1.29 is 19.1 Å². The Labute approximate surface area is 169 Å². The lowest BCUT2D eigenvalue weighted by Gasteiger charge is -2.30. The number of carbonyl (C=O) groups is 2. The number of benzene rings is 1. The predicted octanol–water partition coefficient (Wildman–Crippen LogP) is 1.17. The molecule has 1 heterocycles. The van der Waals surface area contributed by atoms with Crippen molar-refractivity contribution in [3.05, 3.63) is 29.7 Å². The number of hydrogen-bond donors (Lipinski definition) is 4. The Morgan fingerprint density at radius 2 is 2.03 bits per heavy atom. The number of amides is 2. The Bertz CT molecular complexity index is 860. The Balaban J connectivity index is 2.34. The van der Waals surface area contributed by atoms with Crippen molar-refractivity contribution in [1.29, 1.82) is 0 Å². The molecule has 1 unspecified atom stereocenters. The molecule has 9 heteroatoms. The van der Waals surface area contributed by atoms with Crippen LogP contribution in [0.4, 0.5) is 4.39 Å². The highest BCUT2D eigenvalue weighted by molar-refractivity contribution is 6.06. The molecular weight excluding hydrogens is 377 g/mol. The summed E-state index contributed by atoms with van der Waals surface area (Å²) in [7, 11) is 0. The largest absolute Gasteiger partial charge is 0.395 e. The molecule has 1 aromatic heterocycles. The summed E-state index contributed by atoms with van der Waals surface area (Å²) < 4.78 is 15.5. The van der Waals surface area contributed by atoms with Gasteiger partial charge in [0.2, 0.25) is 5.91 Å². The van der Waals surface area contributed by atoms with E-state index in [1.165, 1.54) is 12.1 Å². The van der Waals surface area contributed by atoms with Crippen LogP contribution in [0.1, 0.15) is 44.1 Å². The zero-order valence-electron chi connectivity index (χ0n) is 17.2. The van der Waals surface area contributed by atoms with Crippen molar-refractivity contribution >= 4 is 22.7 Å². The zero-order chi connectivity index (χ0) is 21.6. The van der Waals surface area contributed by atoms with Gasteiger partial charge in [0.1, 0.15) is 11.9 Å². The number of nitrogens with zero attached hydrogens (tertiary/aromatic N) is 2. The molecule has 160 valence electrons. The maximum Gasteiger partial charge on any atom is 0.273 e. The van der Waals surface area contributed by atoms with Gasteiger partial charge in [-0.2, -0.15) is 5.10 Å². The highest BCUT2D eigenvalue weighted by Gasteiger charge is 2.34. The van der Waals surface area contributed by atoms with Gasteiger partial charge >= 0.3 is 0 Å². The van der Waals surface area contributed by atoms with Crippen molar-refractivity contribution in [1.82, 2.24) is 20.4 Å². The highest BCUT2D eigenvalue weighted by atomic mass is 19.1. The molecule has 29 heavy (non-hydrogen) atoms. The minimum atomic E-state index is -0.854. The number of aliphatic hydroxyl groups excluding tert-OH is 1. The first-order chi connectivity index (χ1) is 13.7. The normalized spacial score (nSPS) is 12.8. The Hall–Kier alpha value is -2.52. The van der Waals surface area contributed by atoms with Crippen LogP contribution in [0.5, 0.6) is 0 Å². The summed E-state index contributed by atoms with van der Waals surface area (Å²) in [5, 5.41) is 19.0. The molecule has 0 bridgehead atoms. The molecule has 2 aromatic rings. The van der Waals surface area contributed by atoms with Gasteiger partial charge in [0.25, 0.3) is 5.91 Å². The second-order valence-electron chi connectivity index (χ2n) is 8.02. The first-order valence-corrected chi connectivity index (χ1v) is 9.74. The van der Waals surface area contributed by atoms with E-state index in [0.717, 1.165) is 12.8 Å². The summed E-state index contributed by atoms with van der Waals surface area (Å²) in [6, 6.07) is 3.33. The maximum absolute atomic E-state index is 13.8. The van der Waals surface area contributed by atoms with Crippen molar-refractivity contribution in [2.24, 2.45) is 11.1 Å². The quantitative estimate of drug-likeness (QED) is 0.465. The molecule has 2 rings (SSSR count). The van der Waals surface area contributed by atoms with Gasteiger partial charge in [0, 0.05) is 18.5 Å². The number of carbonyl (C=O) groups excluding carboxylic acids is 2. The van der Waals surface area contributed by atoms with Gasteiger partial charge in [0.05, 0.1) is 12.1 Å². The number of nitrogens with two attached hydrogens (primary N) is 1. The molecule has 0 spiro atoms. The lowest BCUT2D eigenvalue weighted by Crippen LogP contribution is -2.54. The summed E-state index contributed by atoms with van der Waals surface area (Å²) in [6.07, 6.45) is 1.58. The van der Waals surface area contributed by atoms with Crippen LogP contribution in [0.25, 0.3) is 10.9 Å². The fraction of sp³-hybridized carbons (Fsp3) is 0.550. The number of hydrogen-bond acceptors (Lipinski definition) is 5. The third-order valence-corrected chi connectivity index (χ3v) is 4.57. The van der Waals surface area contributed by atoms with Crippen molar-refractivity contribution in [2.45, 2.75) is 46.2 Å². The summed E-state index contributed by atoms with van der Waals surface area (Å²) >= 11 is 0. The average molecular weight is 407 g/mol. The Morgan fingerprint density at radius 3 is 2.66 bits per heavy atom. The van der Waals surface area contributed by atoms with E-state index >= 15 is 0 Å². The van der Waals surface area contributed by atoms with E-state index in [1.54, 1.807) is 10.7 Å². The fourth-order valence-electron chi connectivity index (χ4n) is 3.05. The number of halogens is 1. The van der Waals surface area contributed by atoms with Crippen LogP contribution >= 0.6 is 0 Å². The molecule has 8 nitrogen and oxygen atoms in total. The van der Waals surface area contributed by atoms with Gasteiger partial charge in [-0.15, -0.1) is 0 Å². The van der Waals surface area contributed by atoms with Gasteiger partial charge in [-0.25, -0.2) is 4.39 Å².